The molecule has 1 unspecified atom stereocenters. The van der Waals surface area contributed by atoms with Crippen LogP contribution in [0.2, 0.25) is 10.0 Å². The van der Waals surface area contributed by atoms with E-state index in [9.17, 15) is 34.2 Å². The number of hydrogen-bond donors (Lipinski definition) is 5. The minimum Gasteiger partial charge on any atom is -0.508 e. The summed E-state index contributed by atoms with van der Waals surface area (Å²) in [5, 5.41) is 26.4. The lowest BCUT2D eigenvalue weighted by molar-refractivity contribution is -0.141. The number of anilines is 1. The molecule has 10 nitrogen and oxygen atoms in total. The molecule has 2 atom stereocenters. The highest BCUT2D eigenvalue weighted by Crippen LogP contribution is 2.29. The average Bonchev–Trinajstić information content (AvgIpc) is 3.23. The van der Waals surface area contributed by atoms with Gasteiger partial charge >= 0.3 is 5.97 Å². The number of carboxylic acid groups (broad SMARTS) is 1. The molecule has 4 rings (SSSR count). The van der Waals surface area contributed by atoms with Crippen LogP contribution < -0.4 is 16.0 Å². The van der Waals surface area contributed by atoms with Gasteiger partial charge < -0.3 is 26.2 Å². The molecule has 5 N–H and O–H groups in total. The van der Waals surface area contributed by atoms with Crippen molar-refractivity contribution in [3.8, 4) is 5.75 Å². The van der Waals surface area contributed by atoms with Gasteiger partial charge in [-0.25, -0.2) is 4.79 Å². The molecular weight excluding hydrogens is 549 g/mol. The highest BCUT2D eigenvalue weighted by molar-refractivity contribution is 6.40. The van der Waals surface area contributed by atoms with E-state index >= 15 is 0 Å². The summed E-state index contributed by atoms with van der Waals surface area (Å²) < 4.78 is 0. The molecule has 1 heterocycles. The van der Waals surface area contributed by atoms with Crippen molar-refractivity contribution in [2.45, 2.75) is 25.0 Å². The number of rotatable bonds is 9. The number of carbonyl (C=O) groups is 5. The molecule has 0 aliphatic carbocycles. The van der Waals surface area contributed by atoms with Gasteiger partial charge in [0, 0.05) is 29.8 Å². The van der Waals surface area contributed by atoms with Gasteiger partial charge in [-0.3, -0.25) is 19.2 Å². The largest absolute Gasteiger partial charge is 0.508 e. The third-order valence-corrected chi connectivity index (χ3v) is 6.56. The van der Waals surface area contributed by atoms with Crippen molar-refractivity contribution >= 4 is 58.2 Å². The first kappa shape index (κ1) is 27.6. The van der Waals surface area contributed by atoms with E-state index in [2.05, 4.69) is 16.0 Å². The Hall–Kier alpha value is -4.41. The highest BCUT2D eigenvalue weighted by Gasteiger charge is 2.37. The normalized spacial score (nSPS) is 14.6. The van der Waals surface area contributed by atoms with Gasteiger partial charge in [0.25, 0.3) is 11.8 Å². The molecule has 0 radical (unpaired) electrons. The average molecular weight is 570 g/mol. The number of para-hydroxylation sites is 1. The first-order valence-electron chi connectivity index (χ1n) is 11.6. The molecule has 12 heteroatoms. The number of fused-ring (bicyclic) bond motifs is 1. The summed E-state index contributed by atoms with van der Waals surface area (Å²) in [4.78, 5) is 62.6. The van der Waals surface area contributed by atoms with Crippen LogP contribution >= 0.6 is 23.2 Å². The molecule has 2 amide bonds. The Bertz CT molecular complexity index is 1490. The van der Waals surface area contributed by atoms with Crippen LogP contribution in [0.5, 0.6) is 5.75 Å². The predicted octanol–water partition coefficient (Wildman–Crippen LogP) is 3.45. The number of aliphatic carboxylic acids is 1. The number of nitrogens with one attached hydrogen (secondary N) is 3. The van der Waals surface area contributed by atoms with Crippen LogP contribution in [0, 0.1) is 0 Å². The van der Waals surface area contributed by atoms with E-state index in [-0.39, 0.29) is 33.5 Å². The number of hydrogen-bond acceptors (Lipinski definition) is 7. The number of phenols is 1. The lowest BCUT2D eigenvalue weighted by Crippen LogP contribution is -2.49. The van der Waals surface area contributed by atoms with Crippen LogP contribution in [-0.4, -0.2) is 51.6 Å². The summed E-state index contributed by atoms with van der Waals surface area (Å²) in [7, 11) is 0. The van der Waals surface area contributed by atoms with Crippen LogP contribution in [0.3, 0.4) is 0 Å². The molecule has 0 spiro atoms. The first-order chi connectivity index (χ1) is 18.5. The maximum Gasteiger partial charge on any atom is 0.326 e. The fraction of sp³-hybridized carbons (Fsp3) is 0.148. The van der Waals surface area contributed by atoms with E-state index in [1.54, 1.807) is 30.3 Å². The summed E-state index contributed by atoms with van der Waals surface area (Å²) in [6.07, 6.45) is -0.711. The second kappa shape index (κ2) is 11.5. The molecule has 0 bridgehead atoms. The number of carboxylic acids is 1. The SMILES string of the molecule is O=C(NCc1cccc(O)c1)c1cc(Cl)c(C(=O)C[C@H](NC(=O)C2Nc3ccccc3C2=O)C(=O)O)c(Cl)c1. The summed E-state index contributed by atoms with van der Waals surface area (Å²) in [5.74, 6) is -4.24. The van der Waals surface area contributed by atoms with Gasteiger partial charge in [-0.05, 0) is 42.0 Å². The van der Waals surface area contributed by atoms with E-state index in [4.69, 9.17) is 23.2 Å². The number of amides is 2. The Labute approximate surface area is 231 Å². The van der Waals surface area contributed by atoms with Crippen molar-refractivity contribution < 1.29 is 34.2 Å². The Morgan fingerprint density at radius 2 is 1.67 bits per heavy atom. The molecule has 1 aliphatic heterocycles. The van der Waals surface area contributed by atoms with Crippen molar-refractivity contribution in [1.29, 1.82) is 0 Å². The maximum absolute atomic E-state index is 13.0. The molecule has 3 aromatic rings. The summed E-state index contributed by atoms with van der Waals surface area (Å²) in [6.45, 7) is 0.104. The molecule has 0 fully saturated rings. The van der Waals surface area contributed by atoms with Crippen LogP contribution in [0.1, 0.15) is 43.1 Å². The highest BCUT2D eigenvalue weighted by atomic mass is 35.5. The Morgan fingerprint density at radius 3 is 2.31 bits per heavy atom. The third-order valence-electron chi connectivity index (χ3n) is 5.97. The molecule has 0 saturated carbocycles. The zero-order chi connectivity index (χ0) is 28.3. The molecule has 1 aliphatic rings. The number of halogens is 2. The number of Topliss-reactive ketones (excluding diaryl/α,β-unsaturated/α-hetero) is 2. The van der Waals surface area contributed by atoms with Gasteiger partial charge in [-0.15, -0.1) is 0 Å². The number of ketones is 2. The summed E-state index contributed by atoms with van der Waals surface area (Å²) in [6, 6.07) is 12.2. The Balaban J connectivity index is 1.43. The second-order valence-electron chi connectivity index (χ2n) is 8.68. The van der Waals surface area contributed by atoms with Crippen molar-refractivity contribution in [2.75, 3.05) is 5.32 Å². The smallest absolute Gasteiger partial charge is 0.326 e. The van der Waals surface area contributed by atoms with Crippen molar-refractivity contribution in [2.24, 2.45) is 0 Å². The molecule has 0 saturated heterocycles. The minimum atomic E-state index is -1.68. The van der Waals surface area contributed by atoms with Crippen LogP contribution in [0.4, 0.5) is 5.69 Å². The zero-order valence-corrected chi connectivity index (χ0v) is 21.5. The topological polar surface area (TPSA) is 162 Å². The first-order valence-corrected chi connectivity index (χ1v) is 12.3. The van der Waals surface area contributed by atoms with E-state index in [1.807, 2.05) is 0 Å². The van der Waals surface area contributed by atoms with Crippen molar-refractivity contribution in [1.82, 2.24) is 10.6 Å². The fourth-order valence-electron chi connectivity index (χ4n) is 4.05. The molecule has 0 aromatic heterocycles. The van der Waals surface area contributed by atoms with Crippen LogP contribution in [-0.2, 0) is 16.1 Å². The molecule has 3 aromatic carbocycles. The monoisotopic (exact) mass is 569 g/mol. The third kappa shape index (κ3) is 6.19. The van der Waals surface area contributed by atoms with Crippen molar-refractivity contribution in [3.63, 3.8) is 0 Å². The predicted molar refractivity (Wildman–Crippen MR) is 142 cm³/mol. The van der Waals surface area contributed by atoms with Gasteiger partial charge in [0.05, 0.1) is 15.6 Å². The van der Waals surface area contributed by atoms with Gasteiger partial charge in [0.2, 0.25) is 0 Å². The lowest BCUT2D eigenvalue weighted by atomic mass is 10.0. The molecular formula is C27H21Cl2N3O7. The zero-order valence-electron chi connectivity index (χ0n) is 20.0. The van der Waals surface area contributed by atoms with Gasteiger partial charge in [-0.1, -0.05) is 47.5 Å². The number of phenolic OH excluding ortho intramolecular Hbond substituents is 1. The van der Waals surface area contributed by atoms with Crippen LogP contribution in [0.25, 0.3) is 0 Å². The molecule has 39 heavy (non-hydrogen) atoms. The van der Waals surface area contributed by atoms with Gasteiger partial charge in [0.15, 0.2) is 17.6 Å². The van der Waals surface area contributed by atoms with E-state index in [0.29, 0.717) is 16.8 Å². The second-order valence-corrected chi connectivity index (χ2v) is 9.50. The summed E-state index contributed by atoms with van der Waals surface area (Å²) in [5.41, 5.74) is 1.22. The standard InChI is InChI=1S/C27H21Cl2N3O7/c28-17-9-14(25(36)30-12-13-4-3-5-15(33)8-13)10-18(29)22(17)21(34)11-20(27(38)39)32-26(37)23-24(35)16-6-1-2-7-19(16)31-23/h1-10,20,23,31,33H,11-12H2,(H,30,36)(H,32,37)(H,38,39)/t20-,23?/m0/s1. The number of benzene rings is 3. The Morgan fingerprint density at radius 1 is 0.974 bits per heavy atom. The van der Waals surface area contributed by atoms with E-state index < -0.39 is 47.9 Å². The van der Waals surface area contributed by atoms with E-state index in [1.165, 1.54) is 30.3 Å². The quantitative estimate of drug-likeness (QED) is 0.193. The lowest BCUT2D eigenvalue weighted by Gasteiger charge is -2.17. The minimum absolute atomic E-state index is 0.0442. The van der Waals surface area contributed by atoms with Crippen molar-refractivity contribution in [3.05, 3.63) is 93.0 Å². The van der Waals surface area contributed by atoms with Gasteiger partial charge in [0.1, 0.15) is 11.8 Å². The molecule has 200 valence electrons. The van der Waals surface area contributed by atoms with Gasteiger partial charge in [-0.2, -0.15) is 0 Å². The maximum atomic E-state index is 13.0. The Kier molecular flexibility index (Phi) is 8.18. The van der Waals surface area contributed by atoms with Crippen LogP contribution in [0.15, 0.2) is 60.7 Å². The summed E-state index contributed by atoms with van der Waals surface area (Å²) >= 11 is 12.5. The van der Waals surface area contributed by atoms with E-state index in [0.717, 1.165) is 0 Å². The number of carbonyl (C=O) groups excluding carboxylic acids is 4. The fourth-order valence-corrected chi connectivity index (χ4v) is 4.75. The number of aromatic hydroxyl groups is 1.